The normalized spacial score (nSPS) is 11.0. The monoisotopic (exact) mass is 498 g/mol. The van der Waals surface area contributed by atoms with Gasteiger partial charge in [-0.2, -0.15) is 0 Å². The van der Waals surface area contributed by atoms with E-state index in [0.29, 0.717) is 17.0 Å². The number of amides is 2. The summed E-state index contributed by atoms with van der Waals surface area (Å²) in [5.41, 5.74) is 1.92. The quantitative estimate of drug-likeness (QED) is 0.165. The second-order valence-electron chi connectivity index (χ2n) is 7.46. The molecule has 4 aromatic rings. The van der Waals surface area contributed by atoms with Crippen molar-refractivity contribution in [2.75, 3.05) is 11.1 Å². The maximum Gasteiger partial charge on any atom is 0.272 e. The van der Waals surface area contributed by atoms with Crippen LogP contribution in [0.4, 0.5) is 5.69 Å². The molecular weight excluding hydrogens is 476 g/mol. The number of anilines is 1. The first-order valence-corrected chi connectivity index (χ1v) is 12.7. The minimum absolute atomic E-state index is 0.0659. The molecule has 0 spiro atoms. The molecule has 0 aliphatic heterocycles. The van der Waals surface area contributed by atoms with Crippen LogP contribution in [-0.4, -0.2) is 23.4 Å². The number of nitrogens with one attached hydrogen (secondary N) is 2. The highest BCUT2D eigenvalue weighted by atomic mass is 32.2. The summed E-state index contributed by atoms with van der Waals surface area (Å²) in [6.45, 7) is 0. The molecule has 7 heteroatoms. The van der Waals surface area contributed by atoms with Crippen LogP contribution in [0.1, 0.15) is 25.6 Å². The standard InChI is InChI=1S/C28H22N2O3S2/c31-25(26-15-8-16-34-26)19-35-23-14-7-13-22(18-23)29-28(33)24(17-20-9-3-1-4-10-20)30-27(32)21-11-5-2-6-12-21/h1-18H,19H2,(H,29,33)(H,30,32)/b24-17-. The fourth-order valence-corrected chi connectivity index (χ4v) is 4.77. The second kappa shape index (κ2) is 12.0. The van der Waals surface area contributed by atoms with Crippen molar-refractivity contribution in [2.45, 2.75) is 4.90 Å². The third kappa shape index (κ3) is 7.02. The first-order chi connectivity index (χ1) is 17.1. The van der Waals surface area contributed by atoms with Crippen molar-refractivity contribution in [1.82, 2.24) is 5.32 Å². The van der Waals surface area contributed by atoms with Gasteiger partial charge >= 0.3 is 0 Å². The zero-order valence-electron chi connectivity index (χ0n) is 18.6. The van der Waals surface area contributed by atoms with E-state index < -0.39 is 5.91 Å². The fourth-order valence-electron chi connectivity index (χ4n) is 3.18. The van der Waals surface area contributed by atoms with E-state index in [0.717, 1.165) is 15.3 Å². The van der Waals surface area contributed by atoms with Crippen molar-refractivity contribution in [3.8, 4) is 0 Å². The number of thiophene rings is 1. The topological polar surface area (TPSA) is 75.3 Å². The van der Waals surface area contributed by atoms with Gasteiger partial charge < -0.3 is 10.6 Å². The third-order valence-corrected chi connectivity index (χ3v) is 6.80. The lowest BCUT2D eigenvalue weighted by Gasteiger charge is -2.12. The molecule has 0 saturated carbocycles. The SMILES string of the molecule is O=C(Nc1cccc(SCC(=O)c2cccs2)c1)/C(=C/c1ccccc1)NC(=O)c1ccccc1. The van der Waals surface area contributed by atoms with E-state index >= 15 is 0 Å². The average Bonchev–Trinajstić information content (AvgIpc) is 3.43. The largest absolute Gasteiger partial charge is 0.321 e. The predicted octanol–water partition coefficient (Wildman–Crippen LogP) is 6.13. The summed E-state index contributed by atoms with van der Waals surface area (Å²) < 4.78 is 0. The number of benzene rings is 3. The maximum atomic E-state index is 13.2. The number of carbonyl (C=O) groups is 3. The van der Waals surface area contributed by atoms with Crippen molar-refractivity contribution in [1.29, 1.82) is 0 Å². The van der Waals surface area contributed by atoms with E-state index in [1.165, 1.54) is 23.1 Å². The molecular formula is C28H22N2O3S2. The maximum absolute atomic E-state index is 13.2. The van der Waals surface area contributed by atoms with E-state index in [4.69, 9.17) is 0 Å². The van der Waals surface area contributed by atoms with Crippen molar-refractivity contribution >= 4 is 52.5 Å². The van der Waals surface area contributed by atoms with Crippen LogP contribution < -0.4 is 10.6 Å². The molecule has 2 N–H and O–H groups in total. The number of rotatable bonds is 9. The van der Waals surface area contributed by atoms with Crippen molar-refractivity contribution in [3.05, 3.63) is 124 Å². The molecule has 0 aliphatic rings. The Bertz CT molecular complexity index is 1340. The zero-order valence-corrected chi connectivity index (χ0v) is 20.3. The molecule has 35 heavy (non-hydrogen) atoms. The van der Waals surface area contributed by atoms with Crippen LogP contribution in [0.15, 0.2) is 113 Å². The van der Waals surface area contributed by atoms with Crippen molar-refractivity contribution in [3.63, 3.8) is 0 Å². The first kappa shape index (κ1) is 24.2. The number of Topliss-reactive ketones (excluding diaryl/α,β-unsaturated/α-hetero) is 1. The predicted molar refractivity (Wildman–Crippen MR) is 143 cm³/mol. The fraction of sp³-hybridized carbons (Fsp3) is 0.0357. The van der Waals surface area contributed by atoms with Crippen LogP contribution in [0.5, 0.6) is 0 Å². The molecule has 0 aliphatic carbocycles. The average molecular weight is 499 g/mol. The molecule has 0 radical (unpaired) electrons. The van der Waals surface area contributed by atoms with Crippen molar-refractivity contribution in [2.24, 2.45) is 0 Å². The van der Waals surface area contributed by atoms with Gasteiger partial charge in [0.05, 0.1) is 10.6 Å². The molecule has 0 unspecified atom stereocenters. The Morgan fingerprint density at radius 3 is 2.29 bits per heavy atom. The Morgan fingerprint density at radius 2 is 1.57 bits per heavy atom. The van der Waals surface area contributed by atoms with Gasteiger partial charge in [0, 0.05) is 16.1 Å². The van der Waals surface area contributed by atoms with Crippen LogP contribution >= 0.6 is 23.1 Å². The molecule has 1 aromatic heterocycles. The second-order valence-corrected chi connectivity index (χ2v) is 9.46. The summed E-state index contributed by atoms with van der Waals surface area (Å²) in [6, 6.07) is 29.0. The number of thioether (sulfide) groups is 1. The molecule has 0 fully saturated rings. The summed E-state index contributed by atoms with van der Waals surface area (Å²) in [7, 11) is 0. The molecule has 3 aromatic carbocycles. The van der Waals surface area contributed by atoms with Gasteiger partial charge in [-0.1, -0.05) is 60.7 Å². The van der Waals surface area contributed by atoms with Gasteiger partial charge in [-0.05, 0) is 53.4 Å². The van der Waals surface area contributed by atoms with Gasteiger partial charge in [0.2, 0.25) is 0 Å². The van der Waals surface area contributed by atoms with Crippen LogP contribution in [-0.2, 0) is 4.79 Å². The number of ketones is 1. The van der Waals surface area contributed by atoms with E-state index in [-0.39, 0.29) is 17.4 Å². The minimum atomic E-state index is -0.449. The van der Waals surface area contributed by atoms with E-state index in [2.05, 4.69) is 10.6 Å². The Morgan fingerprint density at radius 1 is 0.829 bits per heavy atom. The highest BCUT2D eigenvalue weighted by molar-refractivity contribution is 8.00. The lowest BCUT2D eigenvalue weighted by atomic mass is 10.1. The molecule has 0 atom stereocenters. The summed E-state index contributed by atoms with van der Waals surface area (Å²) in [5.74, 6) is -0.449. The van der Waals surface area contributed by atoms with Crippen LogP contribution in [0.3, 0.4) is 0 Å². The van der Waals surface area contributed by atoms with Crippen LogP contribution in [0.2, 0.25) is 0 Å². The van der Waals surface area contributed by atoms with E-state index in [1.807, 2.05) is 72.1 Å². The molecule has 1 heterocycles. The number of carbonyl (C=O) groups excluding carboxylic acids is 3. The Balaban J connectivity index is 1.48. The van der Waals surface area contributed by atoms with E-state index in [9.17, 15) is 14.4 Å². The molecule has 0 saturated heterocycles. The minimum Gasteiger partial charge on any atom is -0.321 e. The summed E-state index contributed by atoms with van der Waals surface area (Å²) >= 11 is 2.83. The highest BCUT2D eigenvalue weighted by Gasteiger charge is 2.15. The van der Waals surface area contributed by atoms with Gasteiger partial charge in [-0.25, -0.2) is 0 Å². The Labute approximate surface area is 211 Å². The van der Waals surface area contributed by atoms with Gasteiger partial charge in [0.25, 0.3) is 11.8 Å². The highest BCUT2D eigenvalue weighted by Crippen LogP contribution is 2.24. The molecule has 4 rings (SSSR count). The van der Waals surface area contributed by atoms with Gasteiger partial charge in [0.1, 0.15) is 5.70 Å². The van der Waals surface area contributed by atoms with Gasteiger partial charge in [0.15, 0.2) is 5.78 Å². The first-order valence-electron chi connectivity index (χ1n) is 10.8. The number of hydrogen-bond acceptors (Lipinski definition) is 5. The zero-order chi connectivity index (χ0) is 24.5. The summed E-state index contributed by atoms with van der Waals surface area (Å²) in [5, 5.41) is 7.47. The molecule has 2 amide bonds. The molecule has 174 valence electrons. The van der Waals surface area contributed by atoms with Gasteiger partial charge in [-0.15, -0.1) is 23.1 Å². The summed E-state index contributed by atoms with van der Waals surface area (Å²) in [4.78, 5) is 39.8. The van der Waals surface area contributed by atoms with E-state index in [1.54, 1.807) is 36.4 Å². The molecule has 0 bridgehead atoms. The third-order valence-electron chi connectivity index (χ3n) is 4.90. The van der Waals surface area contributed by atoms with Crippen LogP contribution in [0, 0.1) is 0 Å². The number of hydrogen-bond donors (Lipinski definition) is 2. The van der Waals surface area contributed by atoms with Gasteiger partial charge in [-0.3, -0.25) is 14.4 Å². The lowest BCUT2D eigenvalue weighted by molar-refractivity contribution is -0.113. The lowest BCUT2D eigenvalue weighted by Crippen LogP contribution is -2.30. The molecule has 5 nitrogen and oxygen atoms in total. The summed E-state index contributed by atoms with van der Waals surface area (Å²) in [6.07, 6.45) is 1.63. The smallest absolute Gasteiger partial charge is 0.272 e. The van der Waals surface area contributed by atoms with Crippen LogP contribution in [0.25, 0.3) is 6.08 Å². The Hall–Kier alpha value is -3.94. The van der Waals surface area contributed by atoms with Crippen molar-refractivity contribution < 1.29 is 14.4 Å². The Kier molecular flexibility index (Phi) is 8.27.